The maximum absolute atomic E-state index is 6.13. The van der Waals surface area contributed by atoms with E-state index in [9.17, 15) is 0 Å². The first-order chi connectivity index (χ1) is 12.6. The molecule has 136 valence electrons. The summed E-state index contributed by atoms with van der Waals surface area (Å²) in [5, 5.41) is 14.6. The van der Waals surface area contributed by atoms with Gasteiger partial charge in [-0.2, -0.15) is 0 Å². The van der Waals surface area contributed by atoms with Crippen LogP contribution in [0.4, 0.5) is 5.95 Å². The van der Waals surface area contributed by atoms with Crippen molar-refractivity contribution >= 4 is 21.9 Å². The van der Waals surface area contributed by atoms with E-state index in [2.05, 4.69) is 55.8 Å². The zero-order chi connectivity index (χ0) is 18.5. The summed E-state index contributed by atoms with van der Waals surface area (Å²) in [5.74, 6) is 1.93. The molecule has 0 unspecified atom stereocenters. The zero-order valence-electron chi connectivity index (χ0n) is 14.9. The topological polar surface area (TPSA) is 74.1 Å². The van der Waals surface area contributed by atoms with Gasteiger partial charge in [0.15, 0.2) is 11.5 Å². The molecular weight excluding hydrogens is 398 g/mol. The van der Waals surface area contributed by atoms with Crippen LogP contribution in [0.1, 0.15) is 16.7 Å². The summed E-state index contributed by atoms with van der Waals surface area (Å²) in [6.07, 6.45) is 0. The van der Waals surface area contributed by atoms with Gasteiger partial charge >= 0.3 is 0 Å². The second kappa shape index (κ2) is 8.18. The summed E-state index contributed by atoms with van der Waals surface area (Å²) in [5.41, 5.74) is 3.23. The Morgan fingerprint density at radius 2 is 2.08 bits per heavy atom. The average molecular weight is 418 g/mol. The molecule has 0 radical (unpaired) electrons. The average Bonchev–Trinajstić information content (AvgIpc) is 3.04. The second-order valence-corrected chi connectivity index (χ2v) is 6.67. The summed E-state index contributed by atoms with van der Waals surface area (Å²) in [7, 11) is 3.41. The van der Waals surface area contributed by atoms with Crippen molar-refractivity contribution < 1.29 is 9.47 Å². The number of methoxy groups -OCH3 is 1. The number of rotatable bonds is 7. The van der Waals surface area contributed by atoms with Gasteiger partial charge in [0, 0.05) is 23.6 Å². The number of aryl methyl sites for hydroxylation is 2. The van der Waals surface area contributed by atoms with Gasteiger partial charge in [-0.25, -0.2) is 4.68 Å². The van der Waals surface area contributed by atoms with Crippen LogP contribution >= 0.6 is 15.9 Å². The first-order valence-corrected chi connectivity index (χ1v) is 8.87. The molecule has 2 aromatic carbocycles. The molecule has 3 aromatic rings. The van der Waals surface area contributed by atoms with Crippen LogP contribution in [0.5, 0.6) is 11.5 Å². The van der Waals surface area contributed by atoms with Gasteiger partial charge in [0.1, 0.15) is 6.61 Å². The second-order valence-electron chi connectivity index (χ2n) is 5.81. The number of hydrogen-bond donors (Lipinski definition) is 1. The van der Waals surface area contributed by atoms with Crippen LogP contribution in [0.15, 0.2) is 40.9 Å². The smallest absolute Gasteiger partial charge is 0.242 e. The molecule has 0 saturated carbocycles. The van der Waals surface area contributed by atoms with Gasteiger partial charge in [0.05, 0.1) is 7.11 Å². The molecule has 8 heteroatoms. The molecule has 0 aliphatic heterocycles. The van der Waals surface area contributed by atoms with E-state index in [1.807, 2.05) is 24.3 Å². The largest absolute Gasteiger partial charge is 0.493 e. The van der Waals surface area contributed by atoms with E-state index in [0.29, 0.717) is 30.6 Å². The molecule has 0 aliphatic carbocycles. The Kier molecular flexibility index (Phi) is 5.72. The number of aromatic nitrogens is 4. The maximum Gasteiger partial charge on any atom is 0.242 e. The Bertz CT molecular complexity index is 897. The number of nitrogens with one attached hydrogen (secondary N) is 1. The molecule has 0 aliphatic rings. The van der Waals surface area contributed by atoms with Crippen LogP contribution < -0.4 is 14.8 Å². The van der Waals surface area contributed by atoms with Crippen LogP contribution in [0.2, 0.25) is 0 Å². The van der Waals surface area contributed by atoms with Crippen LogP contribution in [-0.4, -0.2) is 27.3 Å². The molecule has 3 rings (SSSR count). The quantitative estimate of drug-likeness (QED) is 0.634. The molecule has 1 aromatic heterocycles. The van der Waals surface area contributed by atoms with Crippen LogP contribution in [0.3, 0.4) is 0 Å². The van der Waals surface area contributed by atoms with Gasteiger partial charge in [-0.05, 0) is 35.0 Å². The minimum atomic E-state index is 0.451. The minimum absolute atomic E-state index is 0.451. The molecule has 0 spiro atoms. The molecule has 0 saturated heterocycles. The summed E-state index contributed by atoms with van der Waals surface area (Å²) < 4.78 is 14.1. The highest BCUT2D eigenvalue weighted by Crippen LogP contribution is 2.37. The van der Waals surface area contributed by atoms with Crippen LogP contribution in [0.25, 0.3) is 0 Å². The fourth-order valence-electron chi connectivity index (χ4n) is 2.57. The van der Waals surface area contributed by atoms with Gasteiger partial charge < -0.3 is 14.8 Å². The molecule has 7 nitrogen and oxygen atoms in total. The van der Waals surface area contributed by atoms with Crippen molar-refractivity contribution in [2.24, 2.45) is 7.05 Å². The molecule has 0 atom stereocenters. The van der Waals surface area contributed by atoms with Gasteiger partial charge in [-0.3, -0.25) is 0 Å². The minimum Gasteiger partial charge on any atom is -0.493 e. The number of halogens is 1. The van der Waals surface area contributed by atoms with Crippen LogP contribution in [-0.2, 0) is 20.2 Å². The van der Waals surface area contributed by atoms with Crippen molar-refractivity contribution in [3.63, 3.8) is 0 Å². The maximum atomic E-state index is 6.13. The van der Waals surface area contributed by atoms with E-state index in [1.165, 1.54) is 5.56 Å². The summed E-state index contributed by atoms with van der Waals surface area (Å²) >= 11 is 3.60. The molecule has 1 N–H and O–H groups in total. The predicted molar refractivity (Wildman–Crippen MR) is 102 cm³/mol. The fraction of sp³-hybridized carbons (Fsp3) is 0.278. The summed E-state index contributed by atoms with van der Waals surface area (Å²) in [4.78, 5) is 0. The molecule has 0 fully saturated rings. The van der Waals surface area contributed by atoms with Gasteiger partial charge in [-0.1, -0.05) is 50.9 Å². The molecule has 0 bridgehead atoms. The number of hydrogen-bond acceptors (Lipinski definition) is 6. The molecule has 1 heterocycles. The lowest BCUT2D eigenvalue weighted by Crippen LogP contribution is -2.09. The van der Waals surface area contributed by atoms with E-state index < -0.39 is 0 Å². The number of ether oxygens (including phenoxy) is 2. The van der Waals surface area contributed by atoms with Crippen molar-refractivity contribution in [1.29, 1.82) is 0 Å². The highest BCUT2D eigenvalue weighted by Gasteiger charge is 2.16. The Morgan fingerprint density at radius 1 is 1.23 bits per heavy atom. The Morgan fingerprint density at radius 3 is 2.77 bits per heavy atom. The van der Waals surface area contributed by atoms with Crippen molar-refractivity contribution in [3.05, 3.63) is 57.6 Å². The van der Waals surface area contributed by atoms with Crippen molar-refractivity contribution in [2.75, 3.05) is 12.4 Å². The molecule has 26 heavy (non-hydrogen) atoms. The third kappa shape index (κ3) is 4.13. The van der Waals surface area contributed by atoms with E-state index in [1.54, 1.807) is 18.8 Å². The Balaban J connectivity index is 1.84. The standard InChI is InChI=1S/C18H20BrN5O2/c1-12-5-4-6-13(9-12)11-26-17-14(15(19)7-8-16(17)25-3)10-20-18-21-22-23-24(18)2/h4-9H,10-11H2,1-3H3,(H,20,21,23). The SMILES string of the molecule is COc1ccc(Br)c(CNc2nnnn2C)c1OCc1cccc(C)c1. The lowest BCUT2D eigenvalue weighted by Gasteiger charge is -2.17. The highest BCUT2D eigenvalue weighted by molar-refractivity contribution is 9.10. The first-order valence-electron chi connectivity index (χ1n) is 8.08. The molecular formula is C18H20BrN5O2. The van der Waals surface area contributed by atoms with Gasteiger partial charge in [0.25, 0.3) is 0 Å². The van der Waals surface area contributed by atoms with Gasteiger partial charge in [0.2, 0.25) is 5.95 Å². The van der Waals surface area contributed by atoms with E-state index in [0.717, 1.165) is 15.6 Å². The Labute approximate surface area is 160 Å². The predicted octanol–water partition coefficient (Wildman–Crippen LogP) is 3.48. The lowest BCUT2D eigenvalue weighted by atomic mass is 10.1. The van der Waals surface area contributed by atoms with E-state index in [4.69, 9.17) is 9.47 Å². The number of anilines is 1. The van der Waals surface area contributed by atoms with Crippen molar-refractivity contribution in [2.45, 2.75) is 20.1 Å². The third-order valence-electron chi connectivity index (χ3n) is 3.90. The highest BCUT2D eigenvalue weighted by atomic mass is 79.9. The Hall–Kier alpha value is -2.61. The number of benzene rings is 2. The lowest BCUT2D eigenvalue weighted by molar-refractivity contribution is 0.281. The fourth-order valence-corrected chi connectivity index (χ4v) is 3.02. The van der Waals surface area contributed by atoms with Crippen LogP contribution in [0, 0.1) is 6.92 Å². The zero-order valence-corrected chi connectivity index (χ0v) is 16.4. The third-order valence-corrected chi connectivity index (χ3v) is 4.64. The first kappa shape index (κ1) is 18.2. The van der Waals surface area contributed by atoms with E-state index >= 15 is 0 Å². The normalized spacial score (nSPS) is 10.6. The molecule has 0 amide bonds. The van der Waals surface area contributed by atoms with Crippen molar-refractivity contribution in [1.82, 2.24) is 20.2 Å². The van der Waals surface area contributed by atoms with E-state index in [-0.39, 0.29) is 0 Å². The van der Waals surface area contributed by atoms with Gasteiger partial charge in [-0.15, -0.1) is 0 Å². The summed E-state index contributed by atoms with van der Waals surface area (Å²) in [6.45, 7) is 3.00. The monoisotopic (exact) mass is 417 g/mol. The number of tetrazole rings is 1. The number of nitrogens with zero attached hydrogens (tertiary/aromatic N) is 4. The van der Waals surface area contributed by atoms with Crippen molar-refractivity contribution in [3.8, 4) is 11.5 Å². The summed E-state index contributed by atoms with van der Waals surface area (Å²) in [6, 6.07) is 12.0.